The lowest BCUT2D eigenvalue weighted by atomic mass is 9.84. The van der Waals surface area contributed by atoms with Crippen LogP contribution < -0.4 is 11.1 Å². The molecule has 0 bridgehead atoms. The van der Waals surface area contributed by atoms with Gasteiger partial charge in [-0.2, -0.15) is 0 Å². The molecule has 1 amide bonds. The van der Waals surface area contributed by atoms with Crippen molar-refractivity contribution in [3.05, 3.63) is 30.1 Å². The summed E-state index contributed by atoms with van der Waals surface area (Å²) in [6.45, 7) is 0.673. The van der Waals surface area contributed by atoms with Crippen LogP contribution in [0.15, 0.2) is 24.5 Å². The molecule has 98 valence electrons. The molecule has 2 atom stereocenters. The third-order valence-electron chi connectivity index (χ3n) is 3.62. The summed E-state index contributed by atoms with van der Waals surface area (Å²) in [5.74, 6) is 0.132. The zero-order valence-corrected chi connectivity index (χ0v) is 10.6. The molecule has 4 nitrogen and oxygen atoms in total. The second-order valence-electron chi connectivity index (χ2n) is 4.95. The van der Waals surface area contributed by atoms with Gasteiger partial charge < -0.3 is 11.1 Å². The number of hydrogen-bond donors (Lipinski definition) is 2. The first-order chi connectivity index (χ1) is 8.77. The molecule has 18 heavy (non-hydrogen) atoms. The molecular weight excluding hydrogens is 226 g/mol. The van der Waals surface area contributed by atoms with Gasteiger partial charge in [0.05, 0.1) is 5.92 Å². The summed E-state index contributed by atoms with van der Waals surface area (Å²) in [5.41, 5.74) is 7.19. The second-order valence-corrected chi connectivity index (χ2v) is 4.95. The van der Waals surface area contributed by atoms with Gasteiger partial charge >= 0.3 is 0 Å². The highest BCUT2D eigenvalue weighted by atomic mass is 16.1. The van der Waals surface area contributed by atoms with Crippen molar-refractivity contribution in [2.75, 3.05) is 6.54 Å². The molecule has 4 heteroatoms. The van der Waals surface area contributed by atoms with Crippen LogP contribution in [0.1, 0.15) is 31.2 Å². The molecule has 3 N–H and O–H groups in total. The van der Waals surface area contributed by atoms with Gasteiger partial charge in [-0.15, -0.1) is 0 Å². The fraction of sp³-hybridized carbons (Fsp3) is 0.571. The summed E-state index contributed by atoms with van der Waals surface area (Å²) >= 11 is 0. The fourth-order valence-electron chi connectivity index (χ4n) is 2.50. The molecule has 0 saturated heterocycles. The van der Waals surface area contributed by atoms with E-state index in [1.165, 1.54) is 5.56 Å². The standard InChI is InChI=1S/C14H21N3O/c15-13-4-2-1-3-12(13)14(18)17-10-7-11-5-8-16-9-6-11/h5-6,8-9,12-13H,1-4,7,10,15H2,(H,17,18)/t12-,13+/m1/s1. The predicted molar refractivity (Wildman–Crippen MR) is 70.9 cm³/mol. The number of aromatic nitrogens is 1. The first kappa shape index (κ1) is 13.0. The minimum absolute atomic E-state index is 0.0104. The van der Waals surface area contributed by atoms with Crippen LogP contribution >= 0.6 is 0 Å². The van der Waals surface area contributed by atoms with Crippen molar-refractivity contribution in [2.24, 2.45) is 11.7 Å². The average molecular weight is 247 g/mol. The topological polar surface area (TPSA) is 68.0 Å². The molecule has 0 radical (unpaired) electrons. The minimum atomic E-state index is 0.0104. The van der Waals surface area contributed by atoms with E-state index in [4.69, 9.17) is 5.73 Å². The van der Waals surface area contributed by atoms with Crippen molar-refractivity contribution in [1.82, 2.24) is 10.3 Å². The summed E-state index contributed by atoms with van der Waals surface area (Å²) in [6.07, 6.45) is 8.57. The van der Waals surface area contributed by atoms with E-state index in [9.17, 15) is 4.79 Å². The number of carbonyl (C=O) groups is 1. The van der Waals surface area contributed by atoms with Crippen molar-refractivity contribution in [3.8, 4) is 0 Å². The van der Waals surface area contributed by atoms with Gasteiger partial charge in [0.1, 0.15) is 0 Å². The normalized spacial score (nSPS) is 23.6. The largest absolute Gasteiger partial charge is 0.355 e. The third kappa shape index (κ3) is 3.53. The summed E-state index contributed by atoms with van der Waals surface area (Å²) in [6, 6.07) is 3.98. The highest BCUT2D eigenvalue weighted by molar-refractivity contribution is 5.79. The maximum atomic E-state index is 12.0. The van der Waals surface area contributed by atoms with Crippen molar-refractivity contribution in [2.45, 2.75) is 38.1 Å². The van der Waals surface area contributed by atoms with Crippen LogP contribution in [0.4, 0.5) is 0 Å². The van der Waals surface area contributed by atoms with Crippen LogP contribution in [-0.2, 0) is 11.2 Å². The number of pyridine rings is 1. The van der Waals surface area contributed by atoms with Gasteiger partial charge in [0.25, 0.3) is 0 Å². The maximum absolute atomic E-state index is 12.0. The minimum Gasteiger partial charge on any atom is -0.355 e. The van der Waals surface area contributed by atoms with Crippen molar-refractivity contribution in [3.63, 3.8) is 0 Å². The molecule has 1 saturated carbocycles. The lowest BCUT2D eigenvalue weighted by Crippen LogP contribution is -2.44. The number of carbonyl (C=O) groups excluding carboxylic acids is 1. The summed E-state index contributed by atoms with van der Waals surface area (Å²) in [5, 5.41) is 2.99. The lowest BCUT2D eigenvalue weighted by molar-refractivity contribution is -0.126. The monoisotopic (exact) mass is 247 g/mol. The zero-order chi connectivity index (χ0) is 12.8. The average Bonchev–Trinajstić information content (AvgIpc) is 2.40. The molecule has 2 rings (SSSR count). The van der Waals surface area contributed by atoms with Gasteiger partial charge in [0.15, 0.2) is 0 Å². The fourth-order valence-corrected chi connectivity index (χ4v) is 2.50. The van der Waals surface area contributed by atoms with E-state index < -0.39 is 0 Å². The van der Waals surface area contributed by atoms with Crippen LogP contribution in [0.25, 0.3) is 0 Å². The Morgan fingerprint density at radius 3 is 2.78 bits per heavy atom. The molecular formula is C14H21N3O. The molecule has 1 heterocycles. The molecule has 1 aromatic heterocycles. The quantitative estimate of drug-likeness (QED) is 0.841. The van der Waals surface area contributed by atoms with Gasteiger partial charge in [-0.25, -0.2) is 0 Å². The highest BCUT2D eigenvalue weighted by Gasteiger charge is 2.27. The predicted octanol–water partition coefficient (Wildman–Crippen LogP) is 1.26. The van der Waals surface area contributed by atoms with Crippen LogP contribution in [-0.4, -0.2) is 23.5 Å². The SMILES string of the molecule is N[C@H]1CCCC[C@H]1C(=O)NCCc1ccncc1. The summed E-state index contributed by atoms with van der Waals surface area (Å²) < 4.78 is 0. The number of nitrogens with two attached hydrogens (primary N) is 1. The lowest BCUT2D eigenvalue weighted by Gasteiger charge is -2.27. The first-order valence-corrected chi connectivity index (χ1v) is 6.69. The van der Waals surface area contributed by atoms with Crippen LogP contribution in [0.5, 0.6) is 0 Å². The van der Waals surface area contributed by atoms with Gasteiger partial charge in [-0.05, 0) is 37.0 Å². The van der Waals surface area contributed by atoms with Crippen molar-refractivity contribution in [1.29, 1.82) is 0 Å². The number of hydrogen-bond acceptors (Lipinski definition) is 3. The maximum Gasteiger partial charge on any atom is 0.224 e. The molecule has 0 unspecified atom stereocenters. The smallest absolute Gasteiger partial charge is 0.224 e. The van der Waals surface area contributed by atoms with Gasteiger partial charge in [0.2, 0.25) is 5.91 Å². The van der Waals surface area contributed by atoms with Crippen molar-refractivity contribution < 1.29 is 4.79 Å². The van der Waals surface area contributed by atoms with E-state index in [1.807, 2.05) is 12.1 Å². The van der Waals surface area contributed by atoms with E-state index in [-0.39, 0.29) is 17.9 Å². The Hall–Kier alpha value is -1.42. The number of amides is 1. The Morgan fingerprint density at radius 1 is 1.33 bits per heavy atom. The van der Waals surface area contributed by atoms with Gasteiger partial charge in [-0.1, -0.05) is 12.8 Å². The van der Waals surface area contributed by atoms with Crippen LogP contribution in [0.2, 0.25) is 0 Å². The molecule has 1 aliphatic carbocycles. The number of rotatable bonds is 4. The number of nitrogens with zero attached hydrogens (tertiary/aromatic N) is 1. The highest BCUT2D eigenvalue weighted by Crippen LogP contribution is 2.22. The molecule has 1 aliphatic rings. The van der Waals surface area contributed by atoms with Gasteiger partial charge in [-0.3, -0.25) is 9.78 Å². The molecule has 0 spiro atoms. The van der Waals surface area contributed by atoms with Crippen molar-refractivity contribution >= 4 is 5.91 Å². The summed E-state index contributed by atoms with van der Waals surface area (Å²) in [4.78, 5) is 16.0. The van der Waals surface area contributed by atoms with E-state index in [0.29, 0.717) is 6.54 Å². The Labute approximate surface area is 108 Å². The van der Waals surface area contributed by atoms with E-state index in [2.05, 4.69) is 10.3 Å². The van der Waals surface area contributed by atoms with E-state index in [0.717, 1.165) is 32.1 Å². The van der Waals surface area contributed by atoms with Gasteiger partial charge in [0, 0.05) is 25.0 Å². The Bertz CT molecular complexity index is 380. The molecule has 0 aromatic carbocycles. The molecule has 1 fully saturated rings. The zero-order valence-electron chi connectivity index (χ0n) is 10.6. The van der Waals surface area contributed by atoms with Crippen LogP contribution in [0.3, 0.4) is 0 Å². The first-order valence-electron chi connectivity index (χ1n) is 6.69. The molecule has 0 aliphatic heterocycles. The molecule has 1 aromatic rings. The third-order valence-corrected chi connectivity index (χ3v) is 3.62. The summed E-state index contributed by atoms with van der Waals surface area (Å²) in [7, 11) is 0. The Morgan fingerprint density at radius 2 is 2.06 bits per heavy atom. The van der Waals surface area contributed by atoms with Crippen LogP contribution in [0, 0.1) is 5.92 Å². The Kier molecular flexibility index (Phi) is 4.70. The van der Waals surface area contributed by atoms with E-state index in [1.54, 1.807) is 12.4 Å². The second kappa shape index (κ2) is 6.50. The van der Waals surface area contributed by atoms with E-state index >= 15 is 0 Å². The number of nitrogens with one attached hydrogen (secondary N) is 1. The Balaban J connectivity index is 1.74.